The Morgan fingerprint density at radius 2 is 1.28 bits per heavy atom. The minimum atomic E-state index is -5.30. The molecule has 1 nitrogen and oxygen atoms in total. The molecule has 2 saturated carbocycles. The second kappa shape index (κ2) is 11.6. The number of alkyl halides is 5. The number of hydrogen-bond donors (Lipinski definition) is 0. The molecule has 2 aromatic rings. The number of ether oxygens (including phenoxy) is 1. The molecule has 2 aliphatic rings. The molecule has 4 rings (SSSR count). The topological polar surface area (TPSA) is 9.23 Å². The van der Waals surface area contributed by atoms with Crippen molar-refractivity contribution in [3.8, 4) is 5.75 Å². The number of aryl methyl sites for hydroxylation is 1. The van der Waals surface area contributed by atoms with Gasteiger partial charge in [-0.2, -0.15) is 22.0 Å². The molecule has 0 N–H and O–H groups in total. The zero-order valence-electron chi connectivity index (χ0n) is 21.5. The van der Waals surface area contributed by atoms with Crippen LogP contribution in [0.15, 0.2) is 24.3 Å². The Balaban J connectivity index is 1.23. The molecule has 0 spiro atoms. The highest BCUT2D eigenvalue weighted by Crippen LogP contribution is 2.46. The van der Waals surface area contributed by atoms with Gasteiger partial charge in [0.15, 0.2) is 11.6 Å². The summed E-state index contributed by atoms with van der Waals surface area (Å²) in [6, 6.07) is 3.51. The predicted molar refractivity (Wildman–Crippen MR) is 127 cm³/mol. The van der Waals surface area contributed by atoms with Crippen molar-refractivity contribution >= 4 is 0 Å². The molecular weight excluding hydrogens is 535 g/mol. The maximum Gasteiger partial charge on any atom is 0.422 e. The molecule has 10 heteroatoms. The van der Waals surface area contributed by atoms with E-state index in [2.05, 4.69) is 4.74 Å². The zero-order chi connectivity index (χ0) is 28.5. The molecule has 216 valence electrons. The molecule has 39 heavy (non-hydrogen) atoms. The summed E-state index contributed by atoms with van der Waals surface area (Å²) in [6.45, 7) is 1.53. The Kier molecular flexibility index (Phi) is 8.81. The van der Waals surface area contributed by atoms with Gasteiger partial charge in [0.05, 0.1) is 6.42 Å². The minimum absolute atomic E-state index is 0.0118. The summed E-state index contributed by atoms with van der Waals surface area (Å²) in [4.78, 5) is 0. The standard InChI is InChI=1S/C29H31F9O/c1-16-2-11-22(27(33)26(16)32)20-9-7-19(8-10-20)18-5-3-17(4-6-18)12-13-28(34,35)39-21-14-23(30)25(24(31)15-21)29(36,37)38/h2,11,14-15,17-20H,3-10,12-13H2,1H3. The molecule has 0 unspecified atom stereocenters. The van der Waals surface area contributed by atoms with Gasteiger partial charge in [-0.15, -0.1) is 0 Å². The SMILES string of the molecule is Cc1ccc(C2CCC(C3CCC(CCC(F)(F)Oc4cc(F)c(C(F)(F)F)c(F)c4)CC3)CC2)c(F)c1F. The second-order valence-corrected chi connectivity index (χ2v) is 11.0. The van der Waals surface area contributed by atoms with Crippen LogP contribution in [0.1, 0.15) is 86.8 Å². The average Bonchev–Trinajstić information content (AvgIpc) is 2.85. The quantitative estimate of drug-likeness (QED) is 0.303. The normalized spacial score (nSPS) is 24.6. The van der Waals surface area contributed by atoms with E-state index < -0.39 is 53.3 Å². The van der Waals surface area contributed by atoms with Gasteiger partial charge in [0.1, 0.15) is 22.9 Å². The van der Waals surface area contributed by atoms with E-state index in [1.54, 1.807) is 12.1 Å². The van der Waals surface area contributed by atoms with Gasteiger partial charge in [0, 0.05) is 12.1 Å². The molecule has 0 saturated heterocycles. The Hall–Kier alpha value is -2.39. The first kappa shape index (κ1) is 29.6. The lowest BCUT2D eigenvalue weighted by Gasteiger charge is -2.38. The van der Waals surface area contributed by atoms with Crippen LogP contribution in [0, 0.1) is 47.9 Å². The molecule has 0 aromatic heterocycles. The van der Waals surface area contributed by atoms with Crippen LogP contribution in [0.4, 0.5) is 39.5 Å². The minimum Gasteiger partial charge on any atom is -0.432 e. The van der Waals surface area contributed by atoms with Crippen molar-refractivity contribution in [2.45, 2.75) is 89.3 Å². The van der Waals surface area contributed by atoms with E-state index in [0.29, 0.717) is 17.4 Å². The van der Waals surface area contributed by atoms with Gasteiger partial charge in [-0.05, 0) is 86.7 Å². The van der Waals surface area contributed by atoms with E-state index in [4.69, 9.17) is 0 Å². The maximum atomic E-state index is 14.4. The van der Waals surface area contributed by atoms with Crippen LogP contribution < -0.4 is 4.74 Å². The summed E-state index contributed by atoms with van der Waals surface area (Å²) in [6.07, 6.45) is -3.13. The first-order chi connectivity index (χ1) is 18.2. The number of rotatable bonds is 7. The summed E-state index contributed by atoms with van der Waals surface area (Å²) in [7, 11) is 0. The lowest BCUT2D eigenvalue weighted by Crippen LogP contribution is -2.28. The van der Waals surface area contributed by atoms with Crippen LogP contribution in [0.2, 0.25) is 0 Å². The van der Waals surface area contributed by atoms with Crippen molar-refractivity contribution in [1.82, 2.24) is 0 Å². The Labute approximate surface area is 221 Å². The fraction of sp³-hybridized carbons (Fsp3) is 0.586. The van der Waals surface area contributed by atoms with Crippen LogP contribution in [0.3, 0.4) is 0 Å². The molecule has 2 aliphatic carbocycles. The van der Waals surface area contributed by atoms with E-state index in [1.807, 2.05) is 0 Å². The summed E-state index contributed by atoms with van der Waals surface area (Å²) in [5.74, 6) is -5.69. The molecule has 2 fully saturated rings. The lowest BCUT2D eigenvalue weighted by molar-refractivity contribution is -0.183. The summed E-state index contributed by atoms with van der Waals surface area (Å²) in [5.41, 5.74) is -1.43. The Morgan fingerprint density at radius 3 is 1.82 bits per heavy atom. The van der Waals surface area contributed by atoms with E-state index in [0.717, 1.165) is 51.4 Å². The van der Waals surface area contributed by atoms with Gasteiger partial charge < -0.3 is 4.74 Å². The van der Waals surface area contributed by atoms with Gasteiger partial charge in [-0.1, -0.05) is 25.0 Å². The molecule has 0 heterocycles. The summed E-state index contributed by atoms with van der Waals surface area (Å²) >= 11 is 0. The molecule has 0 amide bonds. The van der Waals surface area contributed by atoms with Gasteiger partial charge in [-0.25, -0.2) is 17.6 Å². The van der Waals surface area contributed by atoms with Crippen LogP contribution >= 0.6 is 0 Å². The third-order valence-corrected chi connectivity index (χ3v) is 8.48. The predicted octanol–water partition coefficient (Wildman–Crippen LogP) is 10.1. The Morgan fingerprint density at radius 1 is 0.744 bits per heavy atom. The van der Waals surface area contributed by atoms with Crippen molar-refractivity contribution in [3.05, 3.63) is 64.2 Å². The molecule has 2 aromatic carbocycles. The number of hydrogen-bond acceptors (Lipinski definition) is 1. The highest BCUT2D eigenvalue weighted by molar-refractivity contribution is 5.32. The van der Waals surface area contributed by atoms with Crippen molar-refractivity contribution in [2.24, 2.45) is 17.8 Å². The molecular formula is C29H31F9O. The first-order valence-electron chi connectivity index (χ1n) is 13.3. The van der Waals surface area contributed by atoms with Crippen LogP contribution in [0.5, 0.6) is 5.75 Å². The highest BCUT2D eigenvalue weighted by Gasteiger charge is 2.40. The lowest BCUT2D eigenvalue weighted by atomic mass is 9.68. The monoisotopic (exact) mass is 566 g/mol. The average molecular weight is 567 g/mol. The number of benzene rings is 2. The molecule has 0 aliphatic heterocycles. The molecule has 0 radical (unpaired) electrons. The fourth-order valence-electron chi connectivity index (χ4n) is 6.30. The second-order valence-electron chi connectivity index (χ2n) is 11.0. The van der Waals surface area contributed by atoms with E-state index in [9.17, 15) is 39.5 Å². The van der Waals surface area contributed by atoms with E-state index >= 15 is 0 Å². The third-order valence-electron chi connectivity index (χ3n) is 8.48. The van der Waals surface area contributed by atoms with Gasteiger partial charge >= 0.3 is 12.3 Å². The zero-order valence-corrected chi connectivity index (χ0v) is 21.5. The largest absolute Gasteiger partial charge is 0.432 e. The van der Waals surface area contributed by atoms with Gasteiger partial charge in [0.25, 0.3) is 0 Å². The highest BCUT2D eigenvalue weighted by atomic mass is 19.4. The van der Waals surface area contributed by atoms with E-state index in [-0.39, 0.29) is 36.0 Å². The summed E-state index contributed by atoms with van der Waals surface area (Å²) < 4.78 is 127. The van der Waals surface area contributed by atoms with Crippen molar-refractivity contribution in [3.63, 3.8) is 0 Å². The van der Waals surface area contributed by atoms with Gasteiger partial charge in [-0.3, -0.25) is 0 Å². The van der Waals surface area contributed by atoms with Crippen molar-refractivity contribution in [1.29, 1.82) is 0 Å². The van der Waals surface area contributed by atoms with Crippen LogP contribution in [-0.4, -0.2) is 6.11 Å². The Bertz CT molecular complexity index is 1120. The van der Waals surface area contributed by atoms with Gasteiger partial charge in [0.2, 0.25) is 0 Å². The summed E-state index contributed by atoms with van der Waals surface area (Å²) in [5, 5.41) is 0. The number of halogens is 9. The fourth-order valence-corrected chi connectivity index (χ4v) is 6.30. The van der Waals surface area contributed by atoms with Crippen molar-refractivity contribution in [2.75, 3.05) is 0 Å². The molecule has 0 atom stereocenters. The van der Waals surface area contributed by atoms with E-state index in [1.165, 1.54) is 6.92 Å². The first-order valence-corrected chi connectivity index (χ1v) is 13.3. The van der Waals surface area contributed by atoms with Crippen LogP contribution in [-0.2, 0) is 6.18 Å². The van der Waals surface area contributed by atoms with Crippen LogP contribution in [0.25, 0.3) is 0 Å². The van der Waals surface area contributed by atoms with Crippen molar-refractivity contribution < 1.29 is 44.3 Å². The molecule has 0 bridgehead atoms. The smallest absolute Gasteiger partial charge is 0.422 e. The maximum absolute atomic E-state index is 14.4. The third kappa shape index (κ3) is 7.04.